The van der Waals surface area contributed by atoms with Crippen molar-refractivity contribution in [2.45, 2.75) is 0 Å². The summed E-state index contributed by atoms with van der Waals surface area (Å²) in [7, 11) is 0. The molecule has 0 fully saturated rings. The summed E-state index contributed by atoms with van der Waals surface area (Å²) in [6.07, 6.45) is 0. The Morgan fingerprint density at radius 3 is 2.74 bits per heavy atom. The number of nitrogens with two attached hydrogens (primary N) is 1. The van der Waals surface area contributed by atoms with Gasteiger partial charge in [-0.15, -0.1) is 10.2 Å². The Bertz CT molecular complexity index is 571. The second-order valence-corrected chi connectivity index (χ2v) is 3.83. The summed E-state index contributed by atoms with van der Waals surface area (Å²) >= 11 is 0. The molecule has 98 valence electrons. The fourth-order valence-electron chi connectivity index (χ4n) is 1.56. The summed E-state index contributed by atoms with van der Waals surface area (Å²) < 4.78 is 0. The first kappa shape index (κ1) is 12.9. The van der Waals surface area contributed by atoms with Crippen LogP contribution in [0.5, 0.6) is 0 Å². The first-order valence-electron chi connectivity index (χ1n) is 5.73. The van der Waals surface area contributed by atoms with Crippen LogP contribution in [0.1, 0.15) is 0 Å². The lowest BCUT2D eigenvalue weighted by Crippen LogP contribution is -2.14. The van der Waals surface area contributed by atoms with E-state index in [2.05, 4.69) is 15.5 Å². The maximum Gasteiger partial charge on any atom is 0.270 e. The molecule has 3 N–H and O–H groups in total. The minimum Gasteiger partial charge on any atom is -0.367 e. The van der Waals surface area contributed by atoms with Gasteiger partial charge in [-0.2, -0.15) is 0 Å². The Balaban J connectivity index is 2.22. The number of nitrogens with zero attached hydrogens (tertiary/aromatic N) is 3. The quantitative estimate of drug-likeness (QED) is 0.621. The van der Waals surface area contributed by atoms with Crippen LogP contribution in [0.4, 0.5) is 11.5 Å². The summed E-state index contributed by atoms with van der Waals surface area (Å²) in [6, 6.07) is 9.80. The first-order valence-corrected chi connectivity index (χ1v) is 5.73. The molecule has 7 heteroatoms. The lowest BCUT2D eigenvalue weighted by atomic mass is 10.1. The van der Waals surface area contributed by atoms with Crippen LogP contribution in [0.15, 0.2) is 36.4 Å². The van der Waals surface area contributed by atoms with Crippen molar-refractivity contribution in [1.82, 2.24) is 10.2 Å². The van der Waals surface area contributed by atoms with Gasteiger partial charge < -0.3 is 11.1 Å². The summed E-state index contributed by atoms with van der Waals surface area (Å²) in [6.45, 7) is 1.12. The molecule has 1 heterocycles. The van der Waals surface area contributed by atoms with Crippen LogP contribution in [-0.4, -0.2) is 28.2 Å². The summed E-state index contributed by atoms with van der Waals surface area (Å²) in [5.41, 5.74) is 6.64. The topological polar surface area (TPSA) is 107 Å². The van der Waals surface area contributed by atoms with Crippen LogP contribution < -0.4 is 11.1 Å². The van der Waals surface area contributed by atoms with Crippen molar-refractivity contribution >= 4 is 11.5 Å². The van der Waals surface area contributed by atoms with Crippen LogP contribution in [0.25, 0.3) is 11.3 Å². The van der Waals surface area contributed by atoms with Crippen molar-refractivity contribution in [2.24, 2.45) is 5.73 Å². The Kier molecular flexibility index (Phi) is 3.99. The number of anilines is 1. The van der Waals surface area contributed by atoms with Crippen LogP contribution in [-0.2, 0) is 0 Å². The Morgan fingerprint density at radius 1 is 1.26 bits per heavy atom. The van der Waals surface area contributed by atoms with Gasteiger partial charge >= 0.3 is 0 Å². The molecule has 1 aromatic carbocycles. The van der Waals surface area contributed by atoms with Crippen LogP contribution in [0, 0.1) is 10.1 Å². The number of nitro groups is 1. The molecule has 0 amide bonds. The molecule has 0 saturated carbocycles. The second-order valence-electron chi connectivity index (χ2n) is 3.83. The van der Waals surface area contributed by atoms with Gasteiger partial charge in [-0.05, 0) is 12.1 Å². The number of rotatable bonds is 5. The third-order valence-electron chi connectivity index (χ3n) is 2.47. The van der Waals surface area contributed by atoms with Gasteiger partial charge in [0.2, 0.25) is 0 Å². The molecule has 1 aromatic heterocycles. The number of benzene rings is 1. The Labute approximate surface area is 109 Å². The molecule has 0 bridgehead atoms. The fraction of sp³-hybridized carbons (Fsp3) is 0.167. The molecule has 2 aromatic rings. The van der Waals surface area contributed by atoms with Gasteiger partial charge in [0.05, 0.1) is 10.6 Å². The van der Waals surface area contributed by atoms with Gasteiger partial charge in [0.15, 0.2) is 0 Å². The predicted molar refractivity (Wildman–Crippen MR) is 71.7 cm³/mol. The maximum atomic E-state index is 10.7. The van der Waals surface area contributed by atoms with E-state index in [9.17, 15) is 10.1 Å². The molecule has 0 aliphatic rings. The SMILES string of the molecule is NCCNc1ccc(-c2cccc([N+](=O)[O-])c2)nn1. The Morgan fingerprint density at radius 2 is 2.11 bits per heavy atom. The van der Waals surface area contributed by atoms with Gasteiger partial charge in [0.1, 0.15) is 5.82 Å². The largest absolute Gasteiger partial charge is 0.367 e. The standard InChI is InChI=1S/C12H13N5O2/c13-6-7-14-12-5-4-11(15-16-12)9-2-1-3-10(8-9)17(18)19/h1-5,8H,6-7,13H2,(H,14,16). The monoisotopic (exact) mass is 259 g/mol. The molecule has 0 unspecified atom stereocenters. The molecule has 0 atom stereocenters. The summed E-state index contributed by atoms with van der Waals surface area (Å²) in [4.78, 5) is 10.3. The average molecular weight is 259 g/mol. The van der Waals surface area contributed by atoms with Gasteiger partial charge in [0.25, 0.3) is 5.69 Å². The average Bonchev–Trinajstić information content (AvgIpc) is 2.46. The highest BCUT2D eigenvalue weighted by atomic mass is 16.6. The fourth-order valence-corrected chi connectivity index (χ4v) is 1.56. The number of nitrogens with one attached hydrogen (secondary N) is 1. The van der Waals surface area contributed by atoms with E-state index in [1.54, 1.807) is 24.3 Å². The van der Waals surface area contributed by atoms with Crippen molar-refractivity contribution in [3.8, 4) is 11.3 Å². The van der Waals surface area contributed by atoms with E-state index >= 15 is 0 Å². The lowest BCUT2D eigenvalue weighted by molar-refractivity contribution is -0.384. The summed E-state index contributed by atoms with van der Waals surface area (Å²) in [5, 5.41) is 21.7. The highest BCUT2D eigenvalue weighted by Gasteiger charge is 2.08. The van der Waals surface area contributed by atoms with E-state index in [0.29, 0.717) is 30.2 Å². The number of hydrogen-bond acceptors (Lipinski definition) is 6. The zero-order valence-corrected chi connectivity index (χ0v) is 10.1. The number of nitro benzene ring substituents is 1. The number of hydrogen-bond donors (Lipinski definition) is 2. The molecule has 0 aliphatic carbocycles. The van der Waals surface area contributed by atoms with Gasteiger partial charge in [0, 0.05) is 30.8 Å². The molecule has 0 spiro atoms. The van der Waals surface area contributed by atoms with E-state index in [-0.39, 0.29) is 5.69 Å². The Hall–Kier alpha value is -2.54. The van der Waals surface area contributed by atoms with Crippen LogP contribution in [0.2, 0.25) is 0 Å². The van der Waals surface area contributed by atoms with Gasteiger partial charge in [-0.3, -0.25) is 10.1 Å². The van der Waals surface area contributed by atoms with Crippen molar-refractivity contribution in [2.75, 3.05) is 18.4 Å². The van der Waals surface area contributed by atoms with Gasteiger partial charge in [-0.1, -0.05) is 12.1 Å². The maximum absolute atomic E-state index is 10.7. The third-order valence-corrected chi connectivity index (χ3v) is 2.47. The highest BCUT2D eigenvalue weighted by molar-refractivity contribution is 5.62. The third kappa shape index (κ3) is 3.23. The minimum atomic E-state index is -0.436. The van der Waals surface area contributed by atoms with E-state index in [4.69, 9.17) is 5.73 Å². The van der Waals surface area contributed by atoms with Crippen molar-refractivity contribution in [3.63, 3.8) is 0 Å². The number of aromatic nitrogens is 2. The zero-order chi connectivity index (χ0) is 13.7. The molecular formula is C12H13N5O2. The van der Waals surface area contributed by atoms with E-state index in [1.807, 2.05) is 0 Å². The minimum absolute atomic E-state index is 0.0321. The highest BCUT2D eigenvalue weighted by Crippen LogP contribution is 2.22. The molecule has 0 aliphatic heterocycles. The second kappa shape index (κ2) is 5.87. The lowest BCUT2D eigenvalue weighted by Gasteiger charge is -2.04. The summed E-state index contributed by atoms with van der Waals surface area (Å²) in [5.74, 6) is 0.625. The molecule has 0 radical (unpaired) electrons. The molecule has 19 heavy (non-hydrogen) atoms. The van der Waals surface area contributed by atoms with E-state index in [0.717, 1.165) is 0 Å². The normalized spacial score (nSPS) is 10.2. The molecule has 2 rings (SSSR count). The van der Waals surface area contributed by atoms with Gasteiger partial charge in [-0.25, -0.2) is 0 Å². The van der Waals surface area contributed by atoms with Crippen LogP contribution in [0.3, 0.4) is 0 Å². The predicted octanol–water partition coefficient (Wildman–Crippen LogP) is 1.42. The van der Waals surface area contributed by atoms with Crippen molar-refractivity contribution in [1.29, 1.82) is 0 Å². The molecular weight excluding hydrogens is 246 g/mol. The molecule has 7 nitrogen and oxygen atoms in total. The number of non-ortho nitro benzene ring substituents is 1. The smallest absolute Gasteiger partial charge is 0.270 e. The van der Waals surface area contributed by atoms with E-state index < -0.39 is 4.92 Å². The first-order chi connectivity index (χ1) is 9.20. The zero-order valence-electron chi connectivity index (χ0n) is 10.1. The van der Waals surface area contributed by atoms with E-state index in [1.165, 1.54) is 12.1 Å². The van der Waals surface area contributed by atoms with Crippen LogP contribution >= 0.6 is 0 Å². The molecule has 0 saturated heterocycles. The van der Waals surface area contributed by atoms with Crippen molar-refractivity contribution < 1.29 is 4.92 Å². The van der Waals surface area contributed by atoms with Crippen molar-refractivity contribution in [3.05, 3.63) is 46.5 Å².